The van der Waals surface area contributed by atoms with E-state index in [1.54, 1.807) is 20.8 Å². The van der Waals surface area contributed by atoms with Crippen LogP contribution in [-0.2, 0) is 19.1 Å². The summed E-state index contributed by atoms with van der Waals surface area (Å²) in [5, 5.41) is 5.75. The molecule has 0 spiro atoms. The Hall–Kier alpha value is -2.45. The first kappa shape index (κ1) is 24.8. The number of benzene rings is 1. The molecule has 170 valence electrons. The Labute approximate surface area is 187 Å². The fraction of sp³-hybridized carbons (Fsp3) is 0.500. The second kappa shape index (κ2) is 11.2. The van der Waals surface area contributed by atoms with Crippen molar-refractivity contribution in [1.82, 2.24) is 5.32 Å². The fourth-order valence-corrected chi connectivity index (χ4v) is 3.30. The maximum absolute atomic E-state index is 14.6. The van der Waals surface area contributed by atoms with Crippen LogP contribution in [0.4, 0.5) is 15.8 Å². The molecule has 2 N–H and O–H groups in total. The Morgan fingerprint density at radius 3 is 2.61 bits per heavy atom. The van der Waals surface area contributed by atoms with Gasteiger partial charge < -0.3 is 15.4 Å². The lowest BCUT2D eigenvalue weighted by Gasteiger charge is -2.20. The predicted molar refractivity (Wildman–Crippen MR) is 119 cm³/mol. The van der Waals surface area contributed by atoms with E-state index < -0.39 is 23.7 Å². The van der Waals surface area contributed by atoms with Gasteiger partial charge >= 0.3 is 0 Å². The minimum absolute atomic E-state index is 0.0374. The van der Waals surface area contributed by atoms with Crippen LogP contribution in [0.15, 0.2) is 23.3 Å². The minimum Gasteiger partial charge on any atom is -0.381 e. The topological polar surface area (TPSA) is 87.7 Å². The lowest BCUT2D eigenvalue weighted by molar-refractivity contribution is -0.122. The molecule has 3 amide bonds. The van der Waals surface area contributed by atoms with E-state index in [1.165, 1.54) is 6.07 Å². The molecule has 31 heavy (non-hydrogen) atoms. The van der Waals surface area contributed by atoms with E-state index in [-0.39, 0.29) is 28.7 Å². The van der Waals surface area contributed by atoms with Gasteiger partial charge in [-0.15, -0.1) is 0 Å². The van der Waals surface area contributed by atoms with Crippen molar-refractivity contribution in [3.05, 3.63) is 34.1 Å². The SMILES string of the molecule is CCCOCCCNC(=O)C(C)Nc1cc(N2C(=O)CC(=C(C)C)C2=O)c(F)cc1Cl. The summed E-state index contributed by atoms with van der Waals surface area (Å²) in [6, 6.07) is 1.63. The van der Waals surface area contributed by atoms with E-state index >= 15 is 0 Å². The number of anilines is 2. The molecule has 1 fully saturated rings. The quantitative estimate of drug-likeness (QED) is 0.319. The van der Waals surface area contributed by atoms with Gasteiger partial charge in [0.05, 0.1) is 22.8 Å². The summed E-state index contributed by atoms with van der Waals surface area (Å²) >= 11 is 6.14. The molecule has 1 aliphatic rings. The number of rotatable bonds is 10. The summed E-state index contributed by atoms with van der Waals surface area (Å²) in [5.74, 6) is -2.12. The molecule has 0 radical (unpaired) electrons. The molecule has 1 saturated heterocycles. The van der Waals surface area contributed by atoms with E-state index in [4.69, 9.17) is 16.3 Å². The molecule has 1 aromatic carbocycles. The average Bonchev–Trinajstić information content (AvgIpc) is 3.01. The number of hydrogen-bond acceptors (Lipinski definition) is 5. The normalized spacial score (nSPS) is 14.8. The third-order valence-corrected chi connectivity index (χ3v) is 5.11. The standard InChI is InChI=1S/C22H29ClFN3O4/c1-5-8-31-9-6-7-25-21(29)14(4)26-18-12-19(17(24)11-16(18)23)27-20(28)10-15(13(2)3)22(27)30/h11-12,14,26H,5-10H2,1-4H3,(H,25,29). The van der Waals surface area contributed by atoms with Crippen LogP contribution in [0.5, 0.6) is 0 Å². The summed E-state index contributed by atoms with van der Waals surface area (Å²) in [5.41, 5.74) is 1.11. The first-order valence-corrected chi connectivity index (χ1v) is 10.7. The lowest BCUT2D eigenvalue weighted by Crippen LogP contribution is -2.38. The summed E-state index contributed by atoms with van der Waals surface area (Å²) in [7, 11) is 0. The molecule has 0 aliphatic carbocycles. The molecule has 7 nitrogen and oxygen atoms in total. The smallest absolute Gasteiger partial charge is 0.261 e. The van der Waals surface area contributed by atoms with Crippen molar-refractivity contribution < 1.29 is 23.5 Å². The predicted octanol–water partition coefficient (Wildman–Crippen LogP) is 3.81. The Morgan fingerprint density at radius 1 is 1.29 bits per heavy atom. The minimum atomic E-state index is -0.795. The summed E-state index contributed by atoms with van der Waals surface area (Å²) in [4.78, 5) is 38.1. The van der Waals surface area contributed by atoms with Gasteiger partial charge in [-0.25, -0.2) is 9.29 Å². The lowest BCUT2D eigenvalue weighted by atomic mass is 10.1. The van der Waals surface area contributed by atoms with Gasteiger partial charge in [-0.05, 0) is 45.7 Å². The van der Waals surface area contributed by atoms with E-state index in [0.717, 1.165) is 17.4 Å². The van der Waals surface area contributed by atoms with Gasteiger partial charge in [0.2, 0.25) is 11.8 Å². The molecule has 1 aromatic rings. The molecular weight excluding hydrogens is 425 g/mol. The monoisotopic (exact) mass is 453 g/mol. The Balaban J connectivity index is 2.09. The highest BCUT2D eigenvalue weighted by atomic mass is 35.5. The highest BCUT2D eigenvalue weighted by Crippen LogP contribution is 2.35. The third-order valence-electron chi connectivity index (χ3n) is 4.80. The van der Waals surface area contributed by atoms with Crippen molar-refractivity contribution >= 4 is 40.7 Å². The van der Waals surface area contributed by atoms with Gasteiger partial charge in [0.25, 0.3) is 5.91 Å². The van der Waals surface area contributed by atoms with Crippen LogP contribution in [-0.4, -0.2) is 43.5 Å². The van der Waals surface area contributed by atoms with Crippen molar-refractivity contribution in [2.75, 3.05) is 30.0 Å². The number of carbonyl (C=O) groups excluding carboxylic acids is 3. The van der Waals surface area contributed by atoms with Crippen LogP contribution < -0.4 is 15.5 Å². The van der Waals surface area contributed by atoms with Crippen molar-refractivity contribution in [3.8, 4) is 0 Å². The largest absolute Gasteiger partial charge is 0.381 e. The van der Waals surface area contributed by atoms with Gasteiger partial charge in [-0.1, -0.05) is 24.1 Å². The van der Waals surface area contributed by atoms with Gasteiger partial charge in [0, 0.05) is 25.3 Å². The van der Waals surface area contributed by atoms with Crippen molar-refractivity contribution in [1.29, 1.82) is 0 Å². The number of ether oxygens (including phenoxy) is 1. The molecule has 0 aromatic heterocycles. The molecule has 1 heterocycles. The third kappa shape index (κ3) is 6.27. The number of halogens is 2. The van der Waals surface area contributed by atoms with E-state index in [2.05, 4.69) is 10.6 Å². The number of imide groups is 1. The second-order valence-electron chi connectivity index (χ2n) is 7.60. The molecule has 9 heteroatoms. The molecule has 0 bridgehead atoms. The van der Waals surface area contributed by atoms with Gasteiger partial charge in [0.15, 0.2) is 0 Å². The summed E-state index contributed by atoms with van der Waals surface area (Å²) in [6.45, 7) is 8.83. The maximum atomic E-state index is 14.6. The first-order valence-electron chi connectivity index (χ1n) is 10.3. The van der Waals surface area contributed by atoms with Crippen molar-refractivity contribution in [3.63, 3.8) is 0 Å². The number of amides is 3. The van der Waals surface area contributed by atoms with Crippen LogP contribution in [0.3, 0.4) is 0 Å². The first-order chi connectivity index (χ1) is 14.7. The van der Waals surface area contributed by atoms with Gasteiger partial charge in [-0.3, -0.25) is 14.4 Å². The number of nitrogens with zero attached hydrogens (tertiary/aromatic N) is 1. The highest BCUT2D eigenvalue weighted by molar-refractivity contribution is 6.34. The van der Waals surface area contributed by atoms with Crippen LogP contribution in [0.2, 0.25) is 5.02 Å². The number of hydrogen-bond donors (Lipinski definition) is 2. The molecule has 2 rings (SSSR count). The van der Waals surface area contributed by atoms with Crippen LogP contribution in [0.1, 0.15) is 47.0 Å². The molecule has 1 aliphatic heterocycles. The second-order valence-corrected chi connectivity index (χ2v) is 8.00. The van der Waals surface area contributed by atoms with Gasteiger partial charge in [-0.2, -0.15) is 0 Å². The fourth-order valence-electron chi connectivity index (χ4n) is 3.09. The van der Waals surface area contributed by atoms with Gasteiger partial charge in [0.1, 0.15) is 11.9 Å². The number of carbonyl (C=O) groups is 3. The number of nitrogens with one attached hydrogen (secondary N) is 2. The zero-order valence-corrected chi connectivity index (χ0v) is 19.1. The van der Waals surface area contributed by atoms with E-state index in [0.29, 0.717) is 37.3 Å². The maximum Gasteiger partial charge on any atom is 0.261 e. The highest BCUT2D eigenvalue weighted by Gasteiger charge is 2.37. The van der Waals surface area contributed by atoms with Crippen LogP contribution in [0, 0.1) is 5.82 Å². The van der Waals surface area contributed by atoms with Crippen molar-refractivity contribution in [2.24, 2.45) is 0 Å². The van der Waals surface area contributed by atoms with Crippen LogP contribution >= 0.6 is 11.6 Å². The van der Waals surface area contributed by atoms with E-state index in [1.807, 2.05) is 6.92 Å². The Bertz CT molecular complexity index is 884. The van der Waals surface area contributed by atoms with Crippen molar-refractivity contribution in [2.45, 2.75) is 53.0 Å². The number of allylic oxidation sites excluding steroid dienone is 1. The zero-order valence-electron chi connectivity index (χ0n) is 18.3. The van der Waals surface area contributed by atoms with E-state index in [9.17, 15) is 18.8 Å². The summed E-state index contributed by atoms with van der Waals surface area (Å²) in [6.07, 6.45) is 1.55. The Morgan fingerprint density at radius 2 is 2.00 bits per heavy atom. The average molecular weight is 454 g/mol. The van der Waals surface area contributed by atoms with Crippen LogP contribution in [0.25, 0.3) is 0 Å². The Kier molecular flexibility index (Phi) is 9.00. The zero-order chi connectivity index (χ0) is 23.1. The molecular formula is C22H29ClFN3O4. The summed E-state index contributed by atoms with van der Waals surface area (Å²) < 4.78 is 19.9. The molecule has 1 atom stereocenters. The molecule has 1 unspecified atom stereocenters. The molecule has 0 saturated carbocycles.